The van der Waals surface area contributed by atoms with Crippen LogP contribution in [0.15, 0.2) is 18.2 Å². The smallest absolute Gasteiger partial charge is 0.339 e. The normalized spacial score (nSPS) is 12.8. The molecule has 4 nitrogen and oxygen atoms in total. The van der Waals surface area contributed by atoms with Gasteiger partial charge in [-0.1, -0.05) is 6.07 Å². The first-order chi connectivity index (χ1) is 7.41. The van der Waals surface area contributed by atoms with Crippen molar-refractivity contribution in [3.8, 4) is 5.75 Å². The average molecular weight is 231 g/mol. The molecule has 0 saturated carbocycles. The van der Waals surface area contributed by atoms with Crippen LogP contribution in [-0.2, 0) is 0 Å². The van der Waals surface area contributed by atoms with E-state index in [2.05, 4.69) is 0 Å². The van der Waals surface area contributed by atoms with E-state index in [9.17, 15) is 18.7 Å². The van der Waals surface area contributed by atoms with Crippen LogP contribution >= 0.6 is 0 Å². The minimum absolute atomic E-state index is 0.260. The van der Waals surface area contributed by atoms with E-state index < -0.39 is 30.6 Å². The van der Waals surface area contributed by atoms with Gasteiger partial charge in [-0.25, -0.2) is 13.6 Å². The second kappa shape index (κ2) is 4.89. The van der Waals surface area contributed by atoms with E-state index in [-0.39, 0.29) is 11.1 Å². The number of rotatable bonds is 4. The number of halogens is 2. The highest BCUT2D eigenvalue weighted by Crippen LogP contribution is 2.24. The molecule has 6 heteroatoms. The van der Waals surface area contributed by atoms with Crippen molar-refractivity contribution < 1.29 is 23.8 Å². The number of nitrogens with two attached hydrogens (primary N) is 1. The van der Waals surface area contributed by atoms with Crippen molar-refractivity contribution in [3.05, 3.63) is 29.3 Å². The third-order valence-corrected chi connectivity index (χ3v) is 2.11. The van der Waals surface area contributed by atoms with Crippen LogP contribution in [-0.4, -0.2) is 22.6 Å². The Morgan fingerprint density at radius 3 is 2.56 bits per heavy atom. The van der Waals surface area contributed by atoms with Crippen LogP contribution in [0.4, 0.5) is 8.78 Å². The third kappa shape index (κ3) is 2.90. The number of hydrogen-bond acceptors (Lipinski definition) is 3. The lowest BCUT2D eigenvalue weighted by molar-refractivity contribution is 0.0693. The maximum absolute atomic E-state index is 12.1. The lowest BCUT2D eigenvalue weighted by atomic mass is 10.0. The monoisotopic (exact) mass is 231 g/mol. The fourth-order valence-corrected chi connectivity index (χ4v) is 1.28. The van der Waals surface area contributed by atoms with Crippen molar-refractivity contribution >= 4 is 5.97 Å². The molecule has 0 aliphatic rings. The molecule has 1 atom stereocenters. The number of aromatic carboxylic acids is 1. The van der Waals surface area contributed by atoms with Crippen LogP contribution in [0.5, 0.6) is 5.75 Å². The quantitative estimate of drug-likeness (QED) is 0.737. The van der Waals surface area contributed by atoms with Gasteiger partial charge in [0.1, 0.15) is 11.3 Å². The average Bonchev–Trinajstić information content (AvgIpc) is 2.16. The molecule has 16 heavy (non-hydrogen) atoms. The SMILES string of the molecule is N[C@@H](CC(F)F)c1ccc(O)c(C(=O)O)c1. The van der Waals surface area contributed by atoms with Gasteiger partial charge in [-0.05, 0) is 17.7 Å². The minimum Gasteiger partial charge on any atom is -0.507 e. The summed E-state index contributed by atoms with van der Waals surface area (Å²) in [4.78, 5) is 10.7. The van der Waals surface area contributed by atoms with Gasteiger partial charge in [-0.2, -0.15) is 0 Å². The summed E-state index contributed by atoms with van der Waals surface area (Å²) in [6.07, 6.45) is -3.11. The van der Waals surface area contributed by atoms with Crippen LogP contribution in [0.25, 0.3) is 0 Å². The highest BCUT2D eigenvalue weighted by atomic mass is 19.3. The first-order valence-electron chi connectivity index (χ1n) is 4.51. The number of alkyl halides is 2. The van der Waals surface area contributed by atoms with Gasteiger partial charge in [0, 0.05) is 12.5 Å². The Labute approximate surface area is 90.3 Å². The topological polar surface area (TPSA) is 83.5 Å². The van der Waals surface area contributed by atoms with Gasteiger partial charge in [0.2, 0.25) is 6.43 Å². The summed E-state index contributed by atoms with van der Waals surface area (Å²) in [5.41, 5.74) is 5.38. The van der Waals surface area contributed by atoms with Crippen molar-refractivity contribution in [3.63, 3.8) is 0 Å². The molecule has 0 heterocycles. The Morgan fingerprint density at radius 2 is 2.06 bits per heavy atom. The van der Waals surface area contributed by atoms with Crippen LogP contribution in [0.2, 0.25) is 0 Å². The molecule has 1 aromatic carbocycles. The fraction of sp³-hybridized carbons (Fsp3) is 0.300. The lowest BCUT2D eigenvalue weighted by Crippen LogP contribution is -2.14. The van der Waals surface area contributed by atoms with Crippen molar-refractivity contribution in [2.75, 3.05) is 0 Å². The molecule has 0 unspecified atom stereocenters. The fourth-order valence-electron chi connectivity index (χ4n) is 1.28. The molecule has 1 rings (SSSR count). The lowest BCUT2D eigenvalue weighted by Gasteiger charge is -2.12. The molecule has 0 fully saturated rings. The van der Waals surface area contributed by atoms with E-state index in [1.165, 1.54) is 6.07 Å². The number of carboxylic acids is 1. The number of hydrogen-bond donors (Lipinski definition) is 3. The predicted octanol–water partition coefficient (Wildman–Crippen LogP) is 1.75. The molecule has 0 bridgehead atoms. The number of aromatic hydroxyl groups is 1. The number of carboxylic acid groups (broad SMARTS) is 1. The van der Waals surface area contributed by atoms with Crippen LogP contribution in [0.3, 0.4) is 0 Å². The van der Waals surface area contributed by atoms with Crippen molar-refractivity contribution in [1.82, 2.24) is 0 Å². The molecule has 0 radical (unpaired) electrons. The summed E-state index contributed by atoms with van der Waals surface area (Å²) in [7, 11) is 0. The molecular weight excluding hydrogens is 220 g/mol. The summed E-state index contributed by atoms with van der Waals surface area (Å²) in [6.45, 7) is 0. The third-order valence-electron chi connectivity index (χ3n) is 2.11. The van der Waals surface area contributed by atoms with E-state index in [0.29, 0.717) is 0 Å². The number of carbonyl (C=O) groups is 1. The second-order valence-electron chi connectivity index (χ2n) is 3.32. The number of benzene rings is 1. The molecule has 0 aliphatic heterocycles. The molecule has 0 aliphatic carbocycles. The van der Waals surface area contributed by atoms with Crippen molar-refractivity contribution in [2.24, 2.45) is 5.73 Å². The Morgan fingerprint density at radius 1 is 1.44 bits per heavy atom. The number of phenols is 1. The summed E-state index contributed by atoms with van der Waals surface area (Å²) >= 11 is 0. The Hall–Kier alpha value is -1.69. The van der Waals surface area contributed by atoms with Gasteiger partial charge in [-0.15, -0.1) is 0 Å². The molecule has 1 aromatic rings. The minimum atomic E-state index is -2.56. The van der Waals surface area contributed by atoms with Crippen LogP contribution in [0, 0.1) is 0 Å². The Balaban J connectivity index is 2.98. The van der Waals surface area contributed by atoms with Crippen LogP contribution < -0.4 is 5.73 Å². The van der Waals surface area contributed by atoms with E-state index in [0.717, 1.165) is 12.1 Å². The van der Waals surface area contributed by atoms with Gasteiger partial charge in [-0.3, -0.25) is 0 Å². The zero-order valence-electron chi connectivity index (χ0n) is 8.23. The van der Waals surface area contributed by atoms with Gasteiger partial charge < -0.3 is 15.9 Å². The highest BCUT2D eigenvalue weighted by Gasteiger charge is 2.16. The second-order valence-corrected chi connectivity index (χ2v) is 3.32. The van der Waals surface area contributed by atoms with Gasteiger partial charge in [0.05, 0.1) is 0 Å². The maximum Gasteiger partial charge on any atom is 0.339 e. The maximum atomic E-state index is 12.1. The standard InChI is InChI=1S/C10H11F2NO3/c11-9(12)4-7(13)5-1-2-8(14)6(3-5)10(15)16/h1-3,7,9,14H,4,13H2,(H,15,16)/t7-/m0/s1. The van der Waals surface area contributed by atoms with Gasteiger partial charge >= 0.3 is 5.97 Å². The molecule has 4 N–H and O–H groups in total. The zero-order chi connectivity index (χ0) is 12.3. The van der Waals surface area contributed by atoms with Crippen molar-refractivity contribution in [1.29, 1.82) is 0 Å². The van der Waals surface area contributed by atoms with Gasteiger partial charge in [0.15, 0.2) is 0 Å². The summed E-state index contributed by atoms with van der Waals surface area (Å²) in [5, 5.41) is 17.9. The predicted molar refractivity (Wildman–Crippen MR) is 52.6 cm³/mol. The Kier molecular flexibility index (Phi) is 3.78. The first-order valence-corrected chi connectivity index (χ1v) is 4.51. The van der Waals surface area contributed by atoms with Gasteiger partial charge in [0.25, 0.3) is 0 Å². The Bertz CT molecular complexity index is 396. The molecule has 0 saturated heterocycles. The zero-order valence-corrected chi connectivity index (χ0v) is 8.23. The summed E-state index contributed by atoms with van der Waals surface area (Å²) in [5.74, 6) is -1.75. The largest absolute Gasteiger partial charge is 0.507 e. The highest BCUT2D eigenvalue weighted by molar-refractivity contribution is 5.90. The molecular formula is C10H11F2NO3. The van der Waals surface area contributed by atoms with Crippen molar-refractivity contribution in [2.45, 2.75) is 18.9 Å². The van der Waals surface area contributed by atoms with E-state index in [4.69, 9.17) is 10.8 Å². The molecule has 0 spiro atoms. The van der Waals surface area contributed by atoms with E-state index >= 15 is 0 Å². The van der Waals surface area contributed by atoms with E-state index in [1.54, 1.807) is 0 Å². The summed E-state index contributed by atoms with van der Waals surface area (Å²) in [6, 6.07) is 2.61. The first kappa shape index (κ1) is 12.4. The van der Waals surface area contributed by atoms with E-state index in [1.807, 2.05) is 0 Å². The molecule has 88 valence electrons. The van der Waals surface area contributed by atoms with Crippen LogP contribution in [0.1, 0.15) is 28.4 Å². The molecule has 0 aromatic heterocycles. The molecule has 0 amide bonds. The summed E-state index contributed by atoms with van der Waals surface area (Å²) < 4.78 is 24.1.